The summed E-state index contributed by atoms with van der Waals surface area (Å²) < 4.78 is 27.1. The number of alkyl halides is 2. The second kappa shape index (κ2) is 5.07. The highest BCUT2D eigenvalue weighted by atomic mass is 19.3. The topological polar surface area (TPSA) is 37.8 Å². The van der Waals surface area contributed by atoms with Crippen molar-refractivity contribution in [2.24, 2.45) is 0 Å². The lowest BCUT2D eigenvalue weighted by Gasteiger charge is -2.16. The minimum Gasteiger partial charge on any atom is -0.367 e. The number of fused-ring (bicyclic) bond motifs is 1. The van der Waals surface area contributed by atoms with E-state index in [4.69, 9.17) is 0 Å². The van der Waals surface area contributed by atoms with Crippen molar-refractivity contribution in [1.29, 1.82) is 0 Å². The summed E-state index contributed by atoms with van der Waals surface area (Å²) in [6, 6.07) is 5.00. The van der Waals surface area contributed by atoms with Gasteiger partial charge in [-0.3, -0.25) is 0 Å². The third-order valence-electron chi connectivity index (χ3n) is 3.13. The second-order valence-electron chi connectivity index (χ2n) is 4.77. The molecule has 1 aromatic heterocycles. The van der Waals surface area contributed by atoms with Gasteiger partial charge in [-0.25, -0.2) is 18.7 Å². The van der Waals surface area contributed by atoms with Gasteiger partial charge in [0.25, 0.3) is 5.92 Å². The van der Waals surface area contributed by atoms with E-state index in [1.807, 2.05) is 13.8 Å². The zero-order chi connectivity index (χ0) is 14.0. The summed E-state index contributed by atoms with van der Waals surface area (Å²) in [6.07, 6.45) is 2.25. The monoisotopic (exact) mass is 265 g/mol. The van der Waals surface area contributed by atoms with Gasteiger partial charge in [-0.1, -0.05) is 19.1 Å². The van der Waals surface area contributed by atoms with Gasteiger partial charge in [0.05, 0.1) is 5.52 Å². The molecule has 0 spiro atoms. The fourth-order valence-electron chi connectivity index (χ4n) is 1.89. The Bertz CT molecular complexity index is 578. The van der Waals surface area contributed by atoms with E-state index >= 15 is 0 Å². The largest absolute Gasteiger partial charge is 0.367 e. The molecule has 0 unspecified atom stereocenters. The molecule has 2 aromatic rings. The molecule has 3 nitrogen and oxygen atoms in total. The fraction of sp³-hybridized carbons (Fsp3) is 0.429. The van der Waals surface area contributed by atoms with E-state index in [-0.39, 0.29) is 11.6 Å². The minimum absolute atomic E-state index is 0.0698. The molecule has 0 aliphatic carbocycles. The van der Waals surface area contributed by atoms with Gasteiger partial charge >= 0.3 is 0 Å². The summed E-state index contributed by atoms with van der Waals surface area (Å²) in [4.78, 5) is 8.16. The number of para-hydroxylation sites is 1. The molecule has 1 N–H and O–H groups in total. The van der Waals surface area contributed by atoms with Crippen LogP contribution in [0, 0.1) is 0 Å². The lowest BCUT2D eigenvalue weighted by molar-refractivity contribution is 0.0189. The summed E-state index contributed by atoms with van der Waals surface area (Å²) in [5.74, 6) is -2.31. The van der Waals surface area contributed by atoms with Crippen molar-refractivity contribution in [3.05, 3.63) is 30.1 Å². The Morgan fingerprint density at radius 3 is 2.68 bits per heavy atom. The van der Waals surface area contributed by atoms with Gasteiger partial charge in [0, 0.05) is 23.9 Å². The van der Waals surface area contributed by atoms with Gasteiger partial charge in [-0.05, 0) is 19.4 Å². The van der Waals surface area contributed by atoms with Gasteiger partial charge in [0.15, 0.2) is 0 Å². The maximum atomic E-state index is 13.6. The van der Waals surface area contributed by atoms with Crippen LogP contribution in [-0.2, 0) is 5.92 Å². The normalized spacial score (nSPS) is 13.5. The maximum absolute atomic E-state index is 13.6. The highest BCUT2D eigenvalue weighted by molar-refractivity contribution is 5.91. The SMILES string of the molecule is CC[C@H](C)Nc1ncnc2c(C(C)(F)F)cccc12. The van der Waals surface area contributed by atoms with E-state index in [1.54, 1.807) is 12.1 Å². The van der Waals surface area contributed by atoms with Crippen molar-refractivity contribution in [3.8, 4) is 0 Å². The number of halogens is 2. The lowest BCUT2D eigenvalue weighted by Crippen LogP contribution is -2.15. The van der Waals surface area contributed by atoms with Gasteiger partial charge in [0.2, 0.25) is 0 Å². The average molecular weight is 265 g/mol. The van der Waals surface area contributed by atoms with E-state index in [0.29, 0.717) is 16.7 Å². The van der Waals surface area contributed by atoms with E-state index < -0.39 is 5.92 Å². The van der Waals surface area contributed by atoms with Crippen molar-refractivity contribution < 1.29 is 8.78 Å². The maximum Gasteiger partial charge on any atom is 0.272 e. The van der Waals surface area contributed by atoms with Crippen LogP contribution in [0.25, 0.3) is 10.9 Å². The molecule has 0 aliphatic rings. The number of hydrogen-bond acceptors (Lipinski definition) is 3. The predicted molar refractivity (Wildman–Crippen MR) is 72.5 cm³/mol. The van der Waals surface area contributed by atoms with Crippen LogP contribution in [0.3, 0.4) is 0 Å². The zero-order valence-corrected chi connectivity index (χ0v) is 11.2. The van der Waals surface area contributed by atoms with Gasteiger partial charge in [-0.15, -0.1) is 0 Å². The Morgan fingerprint density at radius 1 is 1.32 bits per heavy atom. The van der Waals surface area contributed by atoms with Crippen LogP contribution >= 0.6 is 0 Å². The van der Waals surface area contributed by atoms with Crippen LogP contribution in [-0.4, -0.2) is 16.0 Å². The molecule has 2 rings (SSSR count). The molecule has 0 bridgehead atoms. The van der Waals surface area contributed by atoms with Crippen LogP contribution in [0.5, 0.6) is 0 Å². The zero-order valence-electron chi connectivity index (χ0n) is 11.2. The first-order chi connectivity index (χ1) is 8.93. The number of nitrogens with one attached hydrogen (secondary N) is 1. The molecule has 0 radical (unpaired) electrons. The lowest BCUT2D eigenvalue weighted by atomic mass is 10.1. The Hall–Kier alpha value is -1.78. The first-order valence-electron chi connectivity index (χ1n) is 6.32. The predicted octanol–water partition coefficient (Wildman–Crippen LogP) is 3.95. The molecule has 1 atom stereocenters. The summed E-state index contributed by atoms with van der Waals surface area (Å²) in [5, 5.41) is 3.84. The Balaban J connectivity index is 2.58. The minimum atomic E-state index is -2.92. The van der Waals surface area contributed by atoms with Gasteiger partial charge in [0.1, 0.15) is 12.1 Å². The van der Waals surface area contributed by atoms with E-state index in [2.05, 4.69) is 15.3 Å². The molecule has 0 saturated heterocycles. The molecule has 1 heterocycles. The van der Waals surface area contributed by atoms with E-state index in [0.717, 1.165) is 13.3 Å². The van der Waals surface area contributed by atoms with Crippen LogP contribution in [0.15, 0.2) is 24.5 Å². The van der Waals surface area contributed by atoms with Crippen molar-refractivity contribution in [2.75, 3.05) is 5.32 Å². The molecule has 19 heavy (non-hydrogen) atoms. The molecule has 0 amide bonds. The highest BCUT2D eigenvalue weighted by Gasteiger charge is 2.27. The molecule has 0 fully saturated rings. The molecular weight excluding hydrogens is 248 g/mol. The van der Waals surface area contributed by atoms with Crippen LogP contribution in [0.4, 0.5) is 14.6 Å². The fourth-order valence-corrected chi connectivity index (χ4v) is 1.89. The molecule has 0 saturated carbocycles. The smallest absolute Gasteiger partial charge is 0.272 e. The number of hydrogen-bond donors (Lipinski definition) is 1. The van der Waals surface area contributed by atoms with Gasteiger partial charge < -0.3 is 5.32 Å². The van der Waals surface area contributed by atoms with E-state index in [9.17, 15) is 8.78 Å². The highest BCUT2D eigenvalue weighted by Crippen LogP contribution is 2.33. The molecular formula is C14H17F2N3. The summed E-state index contributed by atoms with van der Waals surface area (Å²) in [7, 11) is 0. The van der Waals surface area contributed by atoms with Crippen molar-refractivity contribution in [3.63, 3.8) is 0 Å². The summed E-state index contributed by atoms with van der Waals surface area (Å²) in [5.41, 5.74) is 0.232. The Kier molecular flexibility index (Phi) is 3.64. The third-order valence-corrected chi connectivity index (χ3v) is 3.13. The summed E-state index contributed by atoms with van der Waals surface area (Å²) >= 11 is 0. The molecule has 1 aromatic carbocycles. The standard InChI is InChI=1S/C14H17F2N3/c1-4-9(2)19-13-10-6-5-7-11(14(3,15)16)12(10)17-8-18-13/h5-9H,4H2,1-3H3,(H,17,18,19)/t9-/m0/s1. The first kappa shape index (κ1) is 13.6. The number of nitrogens with zero attached hydrogens (tertiary/aromatic N) is 2. The quantitative estimate of drug-likeness (QED) is 0.909. The summed E-state index contributed by atoms with van der Waals surface area (Å²) in [6.45, 7) is 4.95. The van der Waals surface area contributed by atoms with Crippen LogP contribution in [0.1, 0.15) is 32.8 Å². The Morgan fingerprint density at radius 2 is 2.05 bits per heavy atom. The molecule has 5 heteroatoms. The number of rotatable bonds is 4. The second-order valence-corrected chi connectivity index (χ2v) is 4.77. The van der Waals surface area contributed by atoms with E-state index in [1.165, 1.54) is 12.4 Å². The van der Waals surface area contributed by atoms with Crippen LogP contribution in [0.2, 0.25) is 0 Å². The number of benzene rings is 1. The number of aromatic nitrogens is 2. The van der Waals surface area contributed by atoms with Crippen molar-refractivity contribution in [2.45, 2.75) is 39.2 Å². The third kappa shape index (κ3) is 2.80. The molecule has 102 valence electrons. The number of anilines is 1. The van der Waals surface area contributed by atoms with Crippen molar-refractivity contribution in [1.82, 2.24) is 9.97 Å². The van der Waals surface area contributed by atoms with Crippen molar-refractivity contribution >= 4 is 16.7 Å². The Labute approximate surface area is 111 Å². The van der Waals surface area contributed by atoms with Crippen LogP contribution < -0.4 is 5.32 Å². The average Bonchev–Trinajstić information content (AvgIpc) is 2.37. The molecule has 0 aliphatic heterocycles. The van der Waals surface area contributed by atoms with Gasteiger partial charge in [-0.2, -0.15) is 0 Å². The first-order valence-corrected chi connectivity index (χ1v) is 6.32.